The Morgan fingerprint density at radius 3 is 2.42 bits per heavy atom. The number of rotatable bonds is 7. The van der Waals surface area contributed by atoms with Gasteiger partial charge < -0.3 is 20.3 Å². The molecule has 4 atom stereocenters. The van der Waals surface area contributed by atoms with E-state index in [0.29, 0.717) is 13.0 Å². The van der Waals surface area contributed by atoms with Gasteiger partial charge in [0.1, 0.15) is 6.10 Å². The van der Waals surface area contributed by atoms with Crippen molar-refractivity contribution in [3.05, 3.63) is 60.2 Å². The maximum Gasteiger partial charge on any atom is 0.407 e. The summed E-state index contributed by atoms with van der Waals surface area (Å²) in [6.07, 6.45) is 1.69. The Morgan fingerprint density at radius 1 is 1.03 bits per heavy atom. The highest BCUT2D eigenvalue weighted by molar-refractivity contribution is 5.93. The zero-order valence-electron chi connectivity index (χ0n) is 19.7. The van der Waals surface area contributed by atoms with Crippen LogP contribution >= 0.6 is 0 Å². The fourth-order valence-electron chi connectivity index (χ4n) is 5.14. The summed E-state index contributed by atoms with van der Waals surface area (Å²) in [5.41, 5.74) is 3.09. The quantitative estimate of drug-likeness (QED) is 0.670. The van der Waals surface area contributed by atoms with Crippen LogP contribution < -0.4 is 15.5 Å². The van der Waals surface area contributed by atoms with Gasteiger partial charge in [-0.2, -0.15) is 0 Å². The highest BCUT2D eigenvalue weighted by Gasteiger charge is 2.51. The lowest BCUT2D eigenvalue weighted by atomic mass is 9.95. The SMILES string of the molecule is CCNC(=O)O[C@@H]1CC[C@@H]2C(C(=O)Nc3ccc(N(C)C)cc3)C[C@H]1N2Cc1ccccc1. The van der Waals surface area contributed by atoms with Crippen LogP contribution in [0.5, 0.6) is 0 Å². The number of fused-ring (bicyclic) bond motifs is 2. The normalized spacial score (nSPS) is 24.2. The summed E-state index contributed by atoms with van der Waals surface area (Å²) in [4.78, 5) is 29.9. The first-order valence-electron chi connectivity index (χ1n) is 11.8. The molecular formula is C26H34N4O3. The molecule has 2 N–H and O–H groups in total. The zero-order chi connectivity index (χ0) is 23.4. The van der Waals surface area contributed by atoms with Gasteiger partial charge in [-0.15, -0.1) is 0 Å². The van der Waals surface area contributed by atoms with E-state index in [1.165, 1.54) is 5.56 Å². The van der Waals surface area contributed by atoms with Gasteiger partial charge in [0.2, 0.25) is 5.91 Å². The number of benzene rings is 2. The predicted octanol–water partition coefficient (Wildman–Crippen LogP) is 3.86. The second-order valence-corrected chi connectivity index (χ2v) is 9.12. The minimum Gasteiger partial charge on any atom is -0.445 e. The first kappa shape index (κ1) is 23.1. The van der Waals surface area contributed by atoms with Gasteiger partial charge in [-0.25, -0.2) is 4.79 Å². The van der Waals surface area contributed by atoms with E-state index in [2.05, 4.69) is 27.7 Å². The van der Waals surface area contributed by atoms with E-state index >= 15 is 0 Å². The molecule has 2 aliphatic heterocycles. The number of anilines is 2. The Balaban J connectivity index is 1.50. The van der Waals surface area contributed by atoms with E-state index in [-0.39, 0.29) is 36.1 Å². The van der Waals surface area contributed by atoms with Crippen molar-refractivity contribution in [1.29, 1.82) is 0 Å². The van der Waals surface area contributed by atoms with Crippen LogP contribution in [0.3, 0.4) is 0 Å². The van der Waals surface area contributed by atoms with E-state index in [1.807, 2.05) is 68.4 Å². The van der Waals surface area contributed by atoms with Gasteiger partial charge in [0, 0.05) is 50.6 Å². The highest BCUT2D eigenvalue weighted by atomic mass is 16.6. The number of hydrogen-bond acceptors (Lipinski definition) is 5. The number of hydrogen-bond donors (Lipinski definition) is 2. The van der Waals surface area contributed by atoms with Crippen LogP contribution in [-0.2, 0) is 16.1 Å². The average Bonchev–Trinajstić information content (AvgIpc) is 3.04. The minimum atomic E-state index is -0.380. The fraction of sp³-hybridized carbons (Fsp3) is 0.462. The van der Waals surface area contributed by atoms with Crippen molar-refractivity contribution in [3.8, 4) is 0 Å². The Hall–Kier alpha value is -3.06. The second-order valence-electron chi connectivity index (χ2n) is 9.12. The summed E-state index contributed by atoms with van der Waals surface area (Å²) in [6.45, 7) is 3.15. The summed E-state index contributed by atoms with van der Waals surface area (Å²) >= 11 is 0. The molecule has 0 aliphatic carbocycles. The molecule has 0 radical (unpaired) electrons. The molecule has 2 fully saturated rings. The molecule has 2 aromatic carbocycles. The topological polar surface area (TPSA) is 73.9 Å². The maximum atomic E-state index is 13.3. The first-order chi connectivity index (χ1) is 16.0. The highest BCUT2D eigenvalue weighted by Crippen LogP contribution is 2.42. The van der Waals surface area contributed by atoms with Crippen LogP contribution in [0.2, 0.25) is 0 Å². The van der Waals surface area contributed by atoms with Crippen molar-refractivity contribution in [2.45, 2.75) is 50.9 Å². The summed E-state index contributed by atoms with van der Waals surface area (Å²) in [5, 5.41) is 5.85. The molecule has 1 unspecified atom stereocenters. The van der Waals surface area contributed by atoms with Gasteiger partial charge in [0.05, 0.1) is 5.92 Å². The fourth-order valence-corrected chi connectivity index (χ4v) is 5.14. The number of carbonyl (C=O) groups is 2. The van der Waals surface area contributed by atoms with Gasteiger partial charge in [0.25, 0.3) is 0 Å². The second kappa shape index (κ2) is 10.3. The maximum absolute atomic E-state index is 13.3. The van der Waals surface area contributed by atoms with Crippen LogP contribution in [-0.4, -0.2) is 55.7 Å². The number of nitrogens with one attached hydrogen (secondary N) is 2. The summed E-state index contributed by atoms with van der Waals surface area (Å²) in [5.74, 6) is -0.105. The molecule has 2 heterocycles. The molecule has 0 saturated carbocycles. The Labute approximate surface area is 196 Å². The average molecular weight is 451 g/mol. The van der Waals surface area contributed by atoms with Gasteiger partial charge in [-0.05, 0) is 56.0 Å². The molecular weight excluding hydrogens is 416 g/mol. The van der Waals surface area contributed by atoms with E-state index in [4.69, 9.17) is 4.74 Å². The number of nitrogens with zero attached hydrogens (tertiary/aromatic N) is 2. The predicted molar refractivity (Wildman–Crippen MR) is 130 cm³/mol. The van der Waals surface area contributed by atoms with E-state index < -0.39 is 0 Å². The Morgan fingerprint density at radius 2 is 1.76 bits per heavy atom. The molecule has 2 aliphatic rings. The molecule has 2 aromatic rings. The molecule has 176 valence electrons. The molecule has 2 bridgehead atoms. The molecule has 7 heteroatoms. The Kier molecular flexibility index (Phi) is 7.18. The molecule has 0 spiro atoms. The van der Waals surface area contributed by atoms with Gasteiger partial charge in [0.15, 0.2) is 0 Å². The lowest BCUT2D eigenvalue weighted by Gasteiger charge is -2.39. The van der Waals surface area contributed by atoms with Crippen LogP contribution in [0.4, 0.5) is 16.2 Å². The van der Waals surface area contributed by atoms with Gasteiger partial charge in [-0.3, -0.25) is 9.69 Å². The van der Waals surface area contributed by atoms with E-state index in [0.717, 1.165) is 30.8 Å². The van der Waals surface area contributed by atoms with E-state index in [1.54, 1.807) is 0 Å². The molecule has 33 heavy (non-hydrogen) atoms. The number of alkyl carbamates (subject to hydrolysis) is 1. The van der Waals surface area contributed by atoms with Crippen LogP contribution in [0.25, 0.3) is 0 Å². The third kappa shape index (κ3) is 5.30. The number of amides is 2. The van der Waals surface area contributed by atoms with Crippen LogP contribution in [0, 0.1) is 5.92 Å². The van der Waals surface area contributed by atoms with Crippen molar-refractivity contribution in [1.82, 2.24) is 10.2 Å². The molecule has 2 saturated heterocycles. The summed E-state index contributed by atoms with van der Waals surface area (Å²) < 4.78 is 5.78. The Bertz CT molecular complexity index is 948. The third-order valence-electron chi connectivity index (χ3n) is 6.76. The van der Waals surface area contributed by atoms with Crippen molar-refractivity contribution >= 4 is 23.4 Å². The third-order valence-corrected chi connectivity index (χ3v) is 6.76. The van der Waals surface area contributed by atoms with Gasteiger partial charge >= 0.3 is 6.09 Å². The first-order valence-corrected chi connectivity index (χ1v) is 11.8. The standard InChI is InChI=1S/C26H34N4O3/c1-4-27-26(32)33-24-15-14-22-21(16-23(24)30(22)17-18-8-6-5-7-9-18)25(31)28-19-10-12-20(13-11-19)29(2)3/h5-13,21-24H,4,14-17H2,1-3H3,(H,27,32)(H,28,31)/t21?,22-,23-,24-/m1/s1. The molecule has 7 nitrogen and oxygen atoms in total. The zero-order valence-corrected chi connectivity index (χ0v) is 19.7. The number of piperidine rings is 1. The lowest BCUT2D eigenvalue weighted by Crippen LogP contribution is -2.50. The van der Waals surface area contributed by atoms with Crippen molar-refractivity contribution in [3.63, 3.8) is 0 Å². The van der Waals surface area contributed by atoms with Crippen LogP contribution in [0.15, 0.2) is 54.6 Å². The van der Waals surface area contributed by atoms with Crippen molar-refractivity contribution in [2.24, 2.45) is 5.92 Å². The number of ether oxygens (including phenoxy) is 1. The lowest BCUT2D eigenvalue weighted by molar-refractivity contribution is -0.120. The summed E-state index contributed by atoms with van der Waals surface area (Å²) in [6, 6.07) is 18.3. The van der Waals surface area contributed by atoms with Crippen molar-refractivity contribution < 1.29 is 14.3 Å². The van der Waals surface area contributed by atoms with Crippen LogP contribution in [0.1, 0.15) is 31.7 Å². The monoisotopic (exact) mass is 450 g/mol. The molecule has 0 aromatic heterocycles. The largest absolute Gasteiger partial charge is 0.445 e. The minimum absolute atomic E-state index is 0.0263. The molecule has 2 amide bonds. The summed E-state index contributed by atoms with van der Waals surface area (Å²) in [7, 11) is 3.99. The number of carbonyl (C=O) groups excluding carboxylic acids is 2. The van der Waals surface area contributed by atoms with Gasteiger partial charge in [-0.1, -0.05) is 30.3 Å². The van der Waals surface area contributed by atoms with E-state index in [9.17, 15) is 9.59 Å². The van der Waals surface area contributed by atoms with Crippen molar-refractivity contribution in [2.75, 3.05) is 30.9 Å². The molecule has 4 rings (SSSR count). The smallest absolute Gasteiger partial charge is 0.407 e.